The van der Waals surface area contributed by atoms with E-state index in [-0.39, 0.29) is 0 Å². The minimum Gasteiger partial charge on any atom is -0.176 e. The zero-order valence-corrected chi connectivity index (χ0v) is 7.03. The van der Waals surface area contributed by atoms with Crippen LogP contribution in [0.1, 0.15) is 39.0 Å². The van der Waals surface area contributed by atoms with Crippen LogP contribution in [0.4, 0.5) is 0 Å². The van der Waals surface area contributed by atoms with E-state index in [1.54, 1.807) is 0 Å². The highest BCUT2D eigenvalue weighted by Crippen LogP contribution is 2.34. The Hall–Kier alpha value is 0.350. The molecular weight excluding hydrogens is 128 g/mol. The van der Waals surface area contributed by atoms with Crippen molar-refractivity contribution in [3.63, 3.8) is 0 Å². The van der Waals surface area contributed by atoms with Crippen LogP contribution in [0.25, 0.3) is 0 Å². The van der Waals surface area contributed by atoms with E-state index in [1.807, 2.05) is 0 Å². The fraction of sp³-hybridized carbons (Fsp3) is 1.00. The van der Waals surface area contributed by atoms with E-state index in [0.717, 1.165) is 5.92 Å². The molecule has 0 radical (unpaired) electrons. The maximum Gasteiger partial charge on any atom is 0.00142 e. The Kier molecular flexibility index (Phi) is 2.90. The number of hydrogen-bond donors (Lipinski definition) is 1. The van der Waals surface area contributed by atoms with Gasteiger partial charge in [0.2, 0.25) is 0 Å². The third-order valence-corrected chi connectivity index (χ3v) is 2.70. The third kappa shape index (κ3) is 3.14. The van der Waals surface area contributed by atoms with Gasteiger partial charge >= 0.3 is 0 Å². The topological polar surface area (TPSA) is 0 Å². The first kappa shape index (κ1) is 7.46. The maximum atomic E-state index is 4.43. The average Bonchev–Trinajstić information content (AvgIpc) is 2.65. The SMILES string of the molecule is CCC(S)CCC1CC1. The van der Waals surface area contributed by atoms with E-state index in [9.17, 15) is 0 Å². The predicted molar refractivity (Wildman–Crippen MR) is 45.0 cm³/mol. The van der Waals surface area contributed by atoms with Crippen LogP contribution in [0.5, 0.6) is 0 Å². The summed E-state index contributed by atoms with van der Waals surface area (Å²) >= 11 is 4.43. The van der Waals surface area contributed by atoms with Crippen molar-refractivity contribution in [1.82, 2.24) is 0 Å². The summed E-state index contributed by atoms with van der Waals surface area (Å²) in [4.78, 5) is 0. The Labute approximate surface area is 63.4 Å². The Morgan fingerprint density at radius 1 is 1.56 bits per heavy atom. The second kappa shape index (κ2) is 3.50. The summed E-state index contributed by atoms with van der Waals surface area (Å²) in [5, 5.41) is 0.672. The lowest BCUT2D eigenvalue weighted by Crippen LogP contribution is -1.95. The van der Waals surface area contributed by atoms with E-state index in [0.29, 0.717) is 5.25 Å². The monoisotopic (exact) mass is 144 g/mol. The van der Waals surface area contributed by atoms with Crippen LogP contribution in [0.3, 0.4) is 0 Å². The van der Waals surface area contributed by atoms with Crippen molar-refractivity contribution in [1.29, 1.82) is 0 Å². The molecule has 1 aliphatic rings. The number of hydrogen-bond acceptors (Lipinski definition) is 1. The molecule has 1 rings (SSSR count). The van der Waals surface area contributed by atoms with Crippen LogP contribution < -0.4 is 0 Å². The van der Waals surface area contributed by atoms with Crippen LogP contribution in [-0.2, 0) is 0 Å². The lowest BCUT2D eigenvalue weighted by molar-refractivity contribution is 0.634. The van der Waals surface area contributed by atoms with Crippen molar-refractivity contribution < 1.29 is 0 Å². The molecule has 1 aliphatic carbocycles. The fourth-order valence-electron chi connectivity index (χ4n) is 1.04. The van der Waals surface area contributed by atoms with Crippen molar-refractivity contribution in [2.75, 3.05) is 0 Å². The van der Waals surface area contributed by atoms with Crippen LogP contribution in [-0.4, -0.2) is 5.25 Å². The van der Waals surface area contributed by atoms with Crippen molar-refractivity contribution in [2.45, 2.75) is 44.3 Å². The Morgan fingerprint density at radius 3 is 2.67 bits per heavy atom. The second-order valence-electron chi connectivity index (χ2n) is 3.08. The maximum absolute atomic E-state index is 4.43. The zero-order chi connectivity index (χ0) is 6.69. The Bertz CT molecular complexity index is 76.6. The lowest BCUT2D eigenvalue weighted by Gasteiger charge is -2.04. The molecule has 0 saturated heterocycles. The molecule has 0 aromatic rings. The Balaban J connectivity index is 1.90. The average molecular weight is 144 g/mol. The summed E-state index contributed by atoms with van der Waals surface area (Å²) in [5.41, 5.74) is 0. The molecule has 54 valence electrons. The van der Waals surface area contributed by atoms with Gasteiger partial charge in [0.05, 0.1) is 0 Å². The van der Waals surface area contributed by atoms with Gasteiger partial charge in [0.1, 0.15) is 0 Å². The van der Waals surface area contributed by atoms with Gasteiger partial charge in [0.25, 0.3) is 0 Å². The molecule has 0 heterocycles. The van der Waals surface area contributed by atoms with E-state index in [1.165, 1.54) is 32.1 Å². The first-order valence-corrected chi connectivity index (χ1v) is 4.52. The summed E-state index contributed by atoms with van der Waals surface area (Å²) in [6.45, 7) is 2.21. The summed E-state index contributed by atoms with van der Waals surface area (Å²) in [7, 11) is 0. The van der Waals surface area contributed by atoms with Crippen molar-refractivity contribution in [3.05, 3.63) is 0 Å². The van der Waals surface area contributed by atoms with Crippen LogP contribution in [0.15, 0.2) is 0 Å². The quantitative estimate of drug-likeness (QED) is 0.576. The van der Waals surface area contributed by atoms with Gasteiger partial charge in [-0.2, -0.15) is 12.6 Å². The summed E-state index contributed by atoms with van der Waals surface area (Å²) < 4.78 is 0. The van der Waals surface area contributed by atoms with Gasteiger partial charge in [-0.15, -0.1) is 0 Å². The van der Waals surface area contributed by atoms with Crippen LogP contribution >= 0.6 is 12.6 Å². The van der Waals surface area contributed by atoms with Gasteiger partial charge in [-0.25, -0.2) is 0 Å². The zero-order valence-electron chi connectivity index (χ0n) is 6.14. The normalized spacial score (nSPS) is 22.0. The fourth-order valence-corrected chi connectivity index (χ4v) is 1.19. The molecule has 0 aromatic carbocycles. The van der Waals surface area contributed by atoms with Gasteiger partial charge in [-0.05, 0) is 25.2 Å². The molecule has 9 heavy (non-hydrogen) atoms. The summed E-state index contributed by atoms with van der Waals surface area (Å²) in [6, 6.07) is 0. The molecule has 0 nitrogen and oxygen atoms in total. The second-order valence-corrected chi connectivity index (χ2v) is 3.81. The molecule has 1 saturated carbocycles. The van der Waals surface area contributed by atoms with Gasteiger partial charge in [-0.1, -0.05) is 19.8 Å². The van der Waals surface area contributed by atoms with E-state index < -0.39 is 0 Å². The molecule has 1 fully saturated rings. The smallest absolute Gasteiger partial charge is 0.00142 e. The number of rotatable bonds is 4. The summed E-state index contributed by atoms with van der Waals surface area (Å²) in [6.07, 6.45) is 6.98. The predicted octanol–water partition coefficient (Wildman–Crippen LogP) is 2.89. The van der Waals surface area contributed by atoms with E-state index in [4.69, 9.17) is 0 Å². The molecule has 0 aliphatic heterocycles. The highest BCUT2D eigenvalue weighted by molar-refractivity contribution is 7.80. The van der Waals surface area contributed by atoms with Gasteiger partial charge < -0.3 is 0 Å². The van der Waals surface area contributed by atoms with E-state index in [2.05, 4.69) is 19.6 Å². The molecule has 1 heteroatoms. The molecule has 0 amide bonds. The highest BCUT2D eigenvalue weighted by atomic mass is 32.1. The minimum absolute atomic E-state index is 0.672. The third-order valence-electron chi connectivity index (χ3n) is 2.08. The molecule has 1 unspecified atom stereocenters. The van der Waals surface area contributed by atoms with Crippen LogP contribution in [0.2, 0.25) is 0 Å². The molecular formula is C8H16S. The van der Waals surface area contributed by atoms with Crippen LogP contribution in [0, 0.1) is 5.92 Å². The van der Waals surface area contributed by atoms with Crippen molar-refractivity contribution >= 4 is 12.6 Å². The van der Waals surface area contributed by atoms with Crippen molar-refractivity contribution in [2.24, 2.45) is 5.92 Å². The lowest BCUT2D eigenvalue weighted by atomic mass is 10.1. The summed E-state index contributed by atoms with van der Waals surface area (Å²) in [5.74, 6) is 1.09. The molecule has 0 spiro atoms. The first-order chi connectivity index (χ1) is 4.33. The van der Waals surface area contributed by atoms with Gasteiger partial charge in [0, 0.05) is 5.25 Å². The largest absolute Gasteiger partial charge is 0.176 e. The molecule has 0 aromatic heterocycles. The first-order valence-electron chi connectivity index (χ1n) is 4.01. The van der Waals surface area contributed by atoms with Crippen molar-refractivity contribution in [3.8, 4) is 0 Å². The standard InChI is InChI=1S/C8H16S/c1-2-8(9)6-5-7-3-4-7/h7-9H,2-6H2,1H3. The van der Waals surface area contributed by atoms with Gasteiger partial charge in [-0.3, -0.25) is 0 Å². The molecule has 0 N–H and O–H groups in total. The number of thiol groups is 1. The van der Waals surface area contributed by atoms with Gasteiger partial charge in [0.15, 0.2) is 0 Å². The van der Waals surface area contributed by atoms with E-state index >= 15 is 0 Å². The molecule has 0 bridgehead atoms. The highest BCUT2D eigenvalue weighted by Gasteiger charge is 2.20. The minimum atomic E-state index is 0.672. The Morgan fingerprint density at radius 2 is 2.22 bits per heavy atom. The molecule has 1 atom stereocenters.